The zero-order chi connectivity index (χ0) is 19.1. The molecule has 0 saturated heterocycles. The molecule has 0 bridgehead atoms. The first-order valence-electron chi connectivity index (χ1n) is 9.41. The smallest absolute Gasteiger partial charge is 0.226 e. The number of benzene rings is 2. The zero-order valence-corrected chi connectivity index (χ0v) is 16.6. The summed E-state index contributed by atoms with van der Waals surface area (Å²) in [6.45, 7) is 13.1. The van der Waals surface area contributed by atoms with E-state index in [1.165, 1.54) is 16.8 Å². The van der Waals surface area contributed by atoms with Gasteiger partial charge in [-0.2, -0.15) is 0 Å². The number of rotatable bonds is 8. The van der Waals surface area contributed by atoms with Gasteiger partial charge in [0.2, 0.25) is 5.91 Å². The van der Waals surface area contributed by atoms with E-state index in [1.54, 1.807) is 0 Å². The molecule has 26 heavy (non-hydrogen) atoms. The number of amides is 1. The van der Waals surface area contributed by atoms with Crippen LogP contribution >= 0.6 is 0 Å². The summed E-state index contributed by atoms with van der Waals surface area (Å²) in [5.74, 6) is 0.0287. The topological polar surface area (TPSA) is 44.4 Å². The number of hydrogen-bond donors (Lipinski definition) is 2. The van der Waals surface area contributed by atoms with Gasteiger partial charge in [0.1, 0.15) is 0 Å². The molecule has 0 radical (unpaired) electrons. The van der Waals surface area contributed by atoms with Crippen molar-refractivity contribution in [3.05, 3.63) is 53.1 Å². The van der Waals surface area contributed by atoms with Crippen molar-refractivity contribution in [2.24, 2.45) is 0 Å². The van der Waals surface area contributed by atoms with Gasteiger partial charge in [-0.15, -0.1) is 0 Å². The average Bonchev–Trinajstić information content (AvgIpc) is 2.60. The van der Waals surface area contributed by atoms with Crippen molar-refractivity contribution in [2.75, 3.05) is 35.2 Å². The van der Waals surface area contributed by atoms with Crippen LogP contribution in [-0.2, 0) is 4.79 Å². The van der Waals surface area contributed by atoms with Gasteiger partial charge in [0.05, 0.1) is 0 Å². The van der Waals surface area contributed by atoms with E-state index in [1.807, 2.05) is 13.0 Å². The Labute approximate surface area is 157 Å². The van der Waals surface area contributed by atoms with E-state index in [9.17, 15) is 4.79 Å². The van der Waals surface area contributed by atoms with E-state index in [0.717, 1.165) is 30.0 Å². The van der Waals surface area contributed by atoms with Gasteiger partial charge in [-0.25, -0.2) is 0 Å². The highest BCUT2D eigenvalue weighted by molar-refractivity contribution is 5.92. The lowest BCUT2D eigenvalue weighted by atomic mass is 10.1. The predicted molar refractivity (Wildman–Crippen MR) is 112 cm³/mol. The molecule has 4 heteroatoms. The van der Waals surface area contributed by atoms with Crippen molar-refractivity contribution in [3.63, 3.8) is 0 Å². The summed E-state index contributed by atoms with van der Waals surface area (Å²) in [6, 6.07) is 12.5. The predicted octanol–water partition coefficient (Wildman–Crippen LogP) is 4.90. The van der Waals surface area contributed by atoms with Crippen molar-refractivity contribution < 1.29 is 4.79 Å². The van der Waals surface area contributed by atoms with Crippen molar-refractivity contribution >= 4 is 23.0 Å². The maximum atomic E-state index is 12.3. The monoisotopic (exact) mass is 353 g/mol. The van der Waals surface area contributed by atoms with Crippen molar-refractivity contribution in [3.8, 4) is 0 Å². The molecule has 0 fully saturated rings. The maximum absolute atomic E-state index is 12.3. The van der Waals surface area contributed by atoms with Gasteiger partial charge in [0, 0.05) is 43.1 Å². The number of hydrogen-bond acceptors (Lipinski definition) is 3. The largest absolute Gasteiger partial charge is 0.384 e. The Morgan fingerprint density at radius 2 is 1.58 bits per heavy atom. The van der Waals surface area contributed by atoms with E-state index in [-0.39, 0.29) is 5.91 Å². The summed E-state index contributed by atoms with van der Waals surface area (Å²) in [6.07, 6.45) is 0.435. The minimum absolute atomic E-state index is 0.0287. The lowest BCUT2D eigenvalue weighted by Gasteiger charge is -2.22. The molecule has 2 aromatic carbocycles. The summed E-state index contributed by atoms with van der Waals surface area (Å²) in [5, 5.41) is 6.37. The lowest BCUT2D eigenvalue weighted by molar-refractivity contribution is -0.115. The van der Waals surface area contributed by atoms with Crippen LogP contribution in [0.25, 0.3) is 0 Å². The van der Waals surface area contributed by atoms with E-state index < -0.39 is 0 Å². The first-order valence-corrected chi connectivity index (χ1v) is 9.41. The summed E-state index contributed by atoms with van der Waals surface area (Å²) >= 11 is 0. The Hall–Kier alpha value is -2.49. The van der Waals surface area contributed by atoms with Crippen LogP contribution in [0.1, 0.15) is 37.0 Å². The molecule has 1 amide bonds. The van der Waals surface area contributed by atoms with Crippen LogP contribution in [-0.4, -0.2) is 25.5 Å². The van der Waals surface area contributed by atoms with Gasteiger partial charge in [-0.1, -0.05) is 17.7 Å². The molecular weight excluding hydrogens is 322 g/mol. The second-order valence-electron chi connectivity index (χ2n) is 6.71. The Balaban J connectivity index is 1.89. The van der Waals surface area contributed by atoms with E-state index in [4.69, 9.17) is 0 Å². The SMILES string of the molecule is CCN(CC)c1ccc(NC(=O)CCNc2ccc(C)cc2C)c(C)c1. The number of anilines is 3. The van der Waals surface area contributed by atoms with Crippen LogP contribution in [0.2, 0.25) is 0 Å². The summed E-state index contributed by atoms with van der Waals surface area (Å²) < 4.78 is 0. The molecule has 0 saturated carbocycles. The fraction of sp³-hybridized carbons (Fsp3) is 0.409. The minimum atomic E-state index is 0.0287. The van der Waals surface area contributed by atoms with Crippen molar-refractivity contribution in [1.82, 2.24) is 0 Å². The number of nitrogens with zero attached hydrogens (tertiary/aromatic N) is 1. The lowest BCUT2D eigenvalue weighted by Crippen LogP contribution is -2.22. The number of nitrogens with one attached hydrogen (secondary N) is 2. The molecular formula is C22H31N3O. The molecule has 0 unspecified atom stereocenters. The highest BCUT2D eigenvalue weighted by Crippen LogP contribution is 2.23. The van der Waals surface area contributed by atoms with Gasteiger partial charge >= 0.3 is 0 Å². The van der Waals surface area contributed by atoms with E-state index in [2.05, 4.69) is 73.6 Å². The molecule has 0 spiro atoms. The summed E-state index contributed by atoms with van der Waals surface area (Å²) in [7, 11) is 0. The van der Waals surface area contributed by atoms with Gasteiger partial charge in [0.25, 0.3) is 0 Å². The van der Waals surface area contributed by atoms with Gasteiger partial charge < -0.3 is 15.5 Å². The third-order valence-electron chi connectivity index (χ3n) is 4.66. The first-order chi connectivity index (χ1) is 12.4. The number of aryl methyl sites for hydroxylation is 3. The van der Waals surface area contributed by atoms with Crippen LogP contribution in [0, 0.1) is 20.8 Å². The quantitative estimate of drug-likeness (QED) is 0.709. The average molecular weight is 354 g/mol. The van der Waals surface area contributed by atoms with Crippen LogP contribution in [0.4, 0.5) is 17.1 Å². The van der Waals surface area contributed by atoms with Crippen LogP contribution in [0.15, 0.2) is 36.4 Å². The molecule has 140 valence electrons. The van der Waals surface area contributed by atoms with Crippen molar-refractivity contribution in [1.29, 1.82) is 0 Å². The molecule has 0 aliphatic carbocycles. The van der Waals surface area contributed by atoms with Crippen LogP contribution < -0.4 is 15.5 Å². The van der Waals surface area contributed by atoms with Crippen LogP contribution in [0.3, 0.4) is 0 Å². The highest BCUT2D eigenvalue weighted by Gasteiger charge is 2.08. The fourth-order valence-electron chi connectivity index (χ4n) is 3.11. The second kappa shape index (κ2) is 9.27. The van der Waals surface area contributed by atoms with E-state index >= 15 is 0 Å². The van der Waals surface area contributed by atoms with Crippen LogP contribution in [0.5, 0.6) is 0 Å². The van der Waals surface area contributed by atoms with Gasteiger partial charge in [-0.05, 0) is 70.0 Å². The maximum Gasteiger partial charge on any atom is 0.226 e. The normalized spacial score (nSPS) is 10.5. The summed E-state index contributed by atoms with van der Waals surface area (Å²) in [5.41, 5.74) is 6.70. The molecule has 0 aliphatic rings. The molecule has 2 rings (SSSR count). The summed E-state index contributed by atoms with van der Waals surface area (Å²) in [4.78, 5) is 14.6. The Morgan fingerprint density at radius 3 is 2.19 bits per heavy atom. The molecule has 2 N–H and O–H groups in total. The standard InChI is InChI=1S/C22H31N3O/c1-6-25(7-2)19-9-11-21(18(5)15-19)24-22(26)12-13-23-20-10-8-16(3)14-17(20)4/h8-11,14-15,23H,6-7,12-13H2,1-5H3,(H,24,26). The second-order valence-corrected chi connectivity index (χ2v) is 6.71. The Bertz CT molecular complexity index is 751. The third-order valence-corrected chi connectivity index (χ3v) is 4.66. The van der Waals surface area contributed by atoms with Gasteiger partial charge in [0.15, 0.2) is 0 Å². The zero-order valence-electron chi connectivity index (χ0n) is 16.6. The molecule has 4 nitrogen and oxygen atoms in total. The Kier molecular flexibility index (Phi) is 7.07. The third kappa shape index (κ3) is 5.25. The van der Waals surface area contributed by atoms with E-state index in [0.29, 0.717) is 13.0 Å². The molecule has 0 heterocycles. The Morgan fingerprint density at radius 1 is 0.923 bits per heavy atom. The number of carbonyl (C=O) groups is 1. The highest BCUT2D eigenvalue weighted by atomic mass is 16.1. The van der Waals surface area contributed by atoms with Gasteiger partial charge in [-0.3, -0.25) is 4.79 Å². The molecule has 0 aromatic heterocycles. The fourth-order valence-corrected chi connectivity index (χ4v) is 3.11. The number of carbonyl (C=O) groups excluding carboxylic acids is 1. The molecule has 2 aromatic rings. The van der Waals surface area contributed by atoms with Crippen molar-refractivity contribution in [2.45, 2.75) is 41.0 Å². The minimum Gasteiger partial charge on any atom is -0.384 e. The first kappa shape index (κ1) is 19.8. The molecule has 0 atom stereocenters. The molecule has 0 aliphatic heterocycles.